The monoisotopic (exact) mass is 228 g/mol. The zero-order valence-corrected chi connectivity index (χ0v) is 12.3. The molecule has 0 bridgehead atoms. The maximum atomic E-state index is 3.61. The SMILES string of the molecule is CCCC(C)(CNCC(C)C)CN(C)CC. The Morgan fingerprint density at radius 2 is 1.88 bits per heavy atom. The second-order valence-electron chi connectivity index (χ2n) is 5.92. The first-order valence-electron chi connectivity index (χ1n) is 6.82. The molecule has 0 aliphatic rings. The minimum atomic E-state index is 0.425. The van der Waals surface area contributed by atoms with Crippen LogP contribution in [0, 0.1) is 11.3 Å². The van der Waals surface area contributed by atoms with Crippen LogP contribution in [0.1, 0.15) is 47.5 Å². The molecule has 0 aromatic carbocycles. The zero-order chi connectivity index (χ0) is 12.6. The largest absolute Gasteiger partial charge is 0.316 e. The van der Waals surface area contributed by atoms with Gasteiger partial charge in [0.1, 0.15) is 0 Å². The van der Waals surface area contributed by atoms with Gasteiger partial charge >= 0.3 is 0 Å². The Morgan fingerprint density at radius 1 is 1.25 bits per heavy atom. The smallest absolute Gasteiger partial charge is 0.00443 e. The molecular weight excluding hydrogens is 196 g/mol. The highest BCUT2D eigenvalue weighted by atomic mass is 15.1. The van der Waals surface area contributed by atoms with Gasteiger partial charge in [-0.05, 0) is 37.9 Å². The molecular formula is C14H32N2. The van der Waals surface area contributed by atoms with Gasteiger partial charge < -0.3 is 10.2 Å². The predicted molar refractivity (Wildman–Crippen MR) is 73.9 cm³/mol. The van der Waals surface area contributed by atoms with E-state index < -0.39 is 0 Å². The predicted octanol–water partition coefficient (Wildman–Crippen LogP) is 2.99. The van der Waals surface area contributed by atoms with Gasteiger partial charge in [-0.2, -0.15) is 0 Å². The van der Waals surface area contributed by atoms with Gasteiger partial charge in [0, 0.05) is 13.1 Å². The molecule has 0 radical (unpaired) electrons. The van der Waals surface area contributed by atoms with E-state index in [2.05, 4.69) is 51.9 Å². The topological polar surface area (TPSA) is 15.3 Å². The summed E-state index contributed by atoms with van der Waals surface area (Å²) in [6.45, 7) is 16.1. The number of nitrogens with zero attached hydrogens (tertiary/aromatic N) is 1. The van der Waals surface area contributed by atoms with Crippen LogP contribution >= 0.6 is 0 Å². The minimum Gasteiger partial charge on any atom is -0.316 e. The fourth-order valence-electron chi connectivity index (χ4n) is 2.25. The van der Waals surface area contributed by atoms with Crippen LogP contribution in [-0.4, -0.2) is 38.1 Å². The molecule has 0 aromatic heterocycles. The lowest BCUT2D eigenvalue weighted by atomic mass is 9.84. The first kappa shape index (κ1) is 15.9. The third-order valence-electron chi connectivity index (χ3n) is 3.15. The van der Waals surface area contributed by atoms with Crippen LogP contribution in [-0.2, 0) is 0 Å². The van der Waals surface area contributed by atoms with Gasteiger partial charge in [-0.3, -0.25) is 0 Å². The van der Waals surface area contributed by atoms with Crippen molar-refractivity contribution in [2.75, 3.05) is 33.2 Å². The highest BCUT2D eigenvalue weighted by Crippen LogP contribution is 2.23. The molecule has 0 saturated carbocycles. The molecule has 0 aliphatic heterocycles. The molecule has 0 aromatic rings. The molecule has 0 aliphatic carbocycles. The average Bonchev–Trinajstić information content (AvgIpc) is 2.17. The van der Waals surface area contributed by atoms with Gasteiger partial charge in [0.2, 0.25) is 0 Å². The zero-order valence-electron chi connectivity index (χ0n) is 12.3. The molecule has 0 saturated heterocycles. The van der Waals surface area contributed by atoms with E-state index in [1.165, 1.54) is 19.4 Å². The van der Waals surface area contributed by atoms with Gasteiger partial charge in [-0.15, -0.1) is 0 Å². The fourth-order valence-corrected chi connectivity index (χ4v) is 2.25. The second-order valence-corrected chi connectivity index (χ2v) is 5.92. The quantitative estimate of drug-likeness (QED) is 0.652. The molecule has 0 fully saturated rings. The number of hydrogen-bond donors (Lipinski definition) is 1. The lowest BCUT2D eigenvalue weighted by molar-refractivity contribution is 0.177. The van der Waals surface area contributed by atoms with E-state index in [4.69, 9.17) is 0 Å². The van der Waals surface area contributed by atoms with Crippen LogP contribution in [0.2, 0.25) is 0 Å². The maximum Gasteiger partial charge on any atom is 0.00443 e. The lowest BCUT2D eigenvalue weighted by Gasteiger charge is -2.34. The fraction of sp³-hybridized carbons (Fsp3) is 1.00. The van der Waals surface area contributed by atoms with E-state index >= 15 is 0 Å². The summed E-state index contributed by atoms with van der Waals surface area (Å²) < 4.78 is 0. The molecule has 0 amide bonds. The number of hydrogen-bond acceptors (Lipinski definition) is 2. The van der Waals surface area contributed by atoms with Gasteiger partial charge in [0.25, 0.3) is 0 Å². The van der Waals surface area contributed by atoms with Crippen molar-refractivity contribution in [2.45, 2.75) is 47.5 Å². The van der Waals surface area contributed by atoms with E-state index in [1.54, 1.807) is 0 Å². The highest BCUT2D eigenvalue weighted by molar-refractivity contribution is 4.79. The molecule has 16 heavy (non-hydrogen) atoms. The van der Waals surface area contributed by atoms with Gasteiger partial charge in [0.15, 0.2) is 0 Å². The van der Waals surface area contributed by atoms with Crippen LogP contribution in [0.25, 0.3) is 0 Å². The molecule has 2 nitrogen and oxygen atoms in total. The summed E-state index contributed by atoms with van der Waals surface area (Å²) in [5.41, 5.74) is 0.425. The summed E-state index contributed by atoms with van der Waals surface area (Å²) in [4.78, 5) is 2.42. The Morgan fingerprint density at radius 3 is 2.31 bits per heavy atom. The Kier molecular flexibility index (Phi) is 8.04. The average molecular weight is 228 g/mol. The van der Waals surface area contributed by atoms with Crippen molar-refractivity contribution in [3.05, 3.63) is 0 Å². The van der Waals surface area contributed by atoms with Crippen molar-refractivity contribution in [3.8, 4) is 0 Å². The summed E-state index contributed by atoms with van der Waals surface area (Å²) in [6, 6.07) is 0. The van der Waals surface area contributed by atoms with E-state index in [-0.39, 0.29) is 0 Å². The molecule has 98 valence electrons. The highest BCUT2D eigenvalue weighted by Gasteiger charge is 2.24. The minimum absolute atomic E-state index is 0.425. The van der Waals surface area contributed by atoms with Crippen molar-refractivity contribution in [2.24, 2.45) is 11.3 Å². The van der Waals surface area contributed by atoms with E-state index in [9.17, 15) is 0 Å². The van der Waals surface area contributed by atoms with Crippen molar-refractivity contribution < 1.29 is 0 Å². The normalized spacial score (nSPS) is 15.8. The van der Waals surface area contributed by atoms with Crippen molar-refractivity contribution in [1.29, 1.82) is 0 Å². The summed E-state index contributed by atoms with van der Waals surface area (Å²) in [6.07, 6.45) is 2.58. The van der Waals surface area contributed by atoms with Crippen LogP contribution in [0.15, 0.2) is 0 Å². The van der Waals surface area contributed by atoms with Gasteiger partial charge in [-0.25, -0.2) is 0 Å². The van der Waals surface area contributed by atoms with Gasteiger partial charge in [-0.1, -0.05) is 41.0 Å². The molecule has 1 atom stereocenters. The Labute approximate surface area is 103 Å². The first-order chi connectivity index (χ1) is 7.43. The van der Waals surface area contributed by atoms with Crippen molar-refractivity contribution >= 4 is 0 Å². The summed E-state index contributed by atoms with van der Waals surface area (Å²) in [5.74, 6) is 0.745. The Bertz CT molecular complexity index is 168. The second kappa shape index (κ2) is 8.08. The summed E-state index contributed by atoms with van der Waals surface area (Å²) in [7, 11) is 2.22. The van der Waals surface area contributed by atoms with E-state index in [1.807, 2.05) is 0 Å². The Hall–Kier alpha value is -0.0800. The van der Waals surface area contributed by atoms with Crippen LogP contribution in [0.3, 0.4) is 0 Å². The van der Waals surface area contributed by atoms with Crippen molar-refractivity contribution in [1.82, 2.24) is 10.2 Å². The standard InChI is InChI=1S/C14H32N2/c1-7-9-14(5,12-16(6)8-2)11-15-10-13(3)4/h13,15H,7-12H2,1-6H3. The molecule has 0 heterocycles. The van der Waals surface area contributed by atoms with Crippen LogP contribution in [0.4, 0.5) is 0 Å². The molecule has 0 rings (SSSR count). The van der Waals surface area contributed by atoms with Crippen LogP contribution < -0.4 is 5.32 Å². The third kappa shape index (κ3) is 7.24. The first-order valence-corrected chi connectivity index (χ1v) is 6.82. The lowest BCUT2D eigenvalue weighted by Crippen LogP contribution is -2.41. The van der Waals surface area contributed by atoms with Gasteiger partial charge in [0.05, 0.1) is 0 Å². The summed E-state index contributed by atoms with van der Waals surface area (Å²) in [5, 5.41) is 3.61. The van der Waals surface area contributed by atoms with Crippen molar-refractivity contribution in [3.63, 3.8) is 0 Å². The third-order valence-corrected chi connectivity index (χ3v) is 3.15. The molecule has 0 spiro atoms. The maximum absolute atomic E-state index is 3.61. The summed E-state index contributed by atoms with van der Waals surface area (Å²) >= 11 is 0. The van der Waals surface area contributed by atoms with Crippen LogP contribution in [0.5, 0.6) is 0 Å². The van der Waals surface area contributed by atoms with E-state index in [0.29, 0.717) is 5.41 Å². The van der Waals surface area contributed by atoms with E-state index in [0.717, 1.165) is 25.6 Å². The Balaban J connectivity index is 4.10. The number of rotatable bonds is 9. The molecule has 1 unspecified atom stereocenters. The number of nitrogens with one attached hydrogen (secondary N) is 1. The molecule has 2 heteroatoms. The molecule has 1 N–H and O–H groups in total.